The minimum atomic E-state index is -1.92. The predicted molar refractivity (Wildman–Crippen MR) is 292 cm³/mol. The zero-order valence-electron chi connectivity index (χ0n) is 48.5. The van der Waals surface area contributed by atoms with Crippen LogP contribution < -0.4 is 21.3 Å². The molecule has 0 aromatic carbocycles. The molecule has 0 bridgehead atoms. The average molecular weight is 1090 g/mol. The molecule has 0 saturated carbocycles. The van der Waals surface area contributed by atoms with Crippen molar-refractivity contribution in [2.45, 2.75) is 126 Å². The van der Waals surface area contributed by atoms with E-state index >= 15 is 0 Å². The van der Waals surface area contributed by atoms with Crippen molar-refractivity contribution in [3.63, 3.8) is 0 Å². The van der Waals surface area contributed by atoms with Crippen LogP contribution in [-0.4, -0.2) is 215 Å². The van der Waals surface area contributed by atoms with E-state index in [0.29, 0.717) is 51.9 Å². The van der Waals surface area contributed by atoms with Crippen LogP contribution in [-0.2, 0) is 47.5 Å². The first-order valence-corrected chi connectivity index (χ1v) is 27.5. The van der Waals surface area contributed by atoms with E-state index in [1.54, 1.807) is 0 Å². The summed E-state index contributed by atoms with van der Waals surface area (Å²) in [6.07, 6.45) is 13.2. The fourth-order valence-electron chi connectivity index (χ4n) is 6.98. The Morgan fingerprint density at radius 2 is 0.579 bits per heavy atom. The van der Waals surface area contributed by atoms with E-state index in [4.69, 9.17) is 39.6 Å². The molecule has 0 heterocycles. The standard InChI is InChI=1S/C54H100N8O14/c1-13-18-30-59(9)34-22-26-55-48(66)73-41-53(7,42-74-49(67)56-27-23-35-60(10)31-19-14-2)46(64)71-39-52(6,45(63)70-38-17-5)40-72-47(65)54(8,43-75-50(68)57-28-24-36-61(11)32-20-15-3)44-76-51(69)58-29-25-37-62(12)33-21-16-4/h5H,13-16,18-44H2,1-4,6-12H3,(H,55,66)(H,56,67)(H,57,68)(H,58,69). The highest BCUT2D eigenvalue weighted by molar-refractivity contribution is 5.82. The van der Waals surface area contributed by atoms with Crippen molar-refractivity contribution in [1.29, 1.82) is 0 Å². The number of nitrogens with zero attached hydrogens (tertiary/aromatic N) is 4. The SMILES string of the molecule is C#CCOC(=O)C(C)(COC(=O)C(C)(COC(=O)NCCCN(C)CCCC)COC(=O)NCCCN(C)CCCC)COC(=O)C(C)(COC(=O)NCCCN(C)CCCC)COC(=O)NCCCN(C)CCCC. The summed E-state index contributed by atoms with van der Waals surface area (Å²) in [5.74, 6) is -0.873. The Morgan fingerprint density at radius 1 is 0.368 bits per heavy atom. The first-order chi connectivity index (χ1) is 36.1. The molecule has 76 heavy (non-hydrogen) atoms. The lowest BCUT2D eigenvalue weighted by atomic mass is 9.90. The van der Waals surface area contributed by atoms with Gasteiger partial charge in [0.05, 0.1) is 0 Å². The number of alkyl carbamates (subject to hydrolysis) is 4. The number of unbranched alkanes of at least 4 members (excludes halogenated alkanes) is 4. The number of hydrogen-bond donors (Lipinski definition) is 4. The molecule has 0 aliphatic heterocycles. The van der Waals surface area contributed by atoms with Crippen LogP contribution in [0.15, 0.2) is 0 Å². The van der Waals surface area contributed by atoms with Crippen LogP contribution in [0.1, 0.15) is 126 Å². The fraction of sp³-hybridized carbons (Fsp3) is 0.833. The summed E-state index contributed by atoms with van der Waals surface area (Å²) in [6, 6.07) is 0. The van der Waals surface area contributed by atoms with Gasteiger partial charge in [-0.1, -0.05) is 59.3 Å². The summed E-state index contributed by atoms with van der Waals surface area (Å²) in [4.78, 5) is 102. The summed E-state index contributed by atoms with van der Waals surface area (Å²) >= 11 is 0. The first kappa shape index (κ1) is 70.9. The third kappa shape index (κ3) is 33.8. The van der Waals surface area contributed by atoms with E-state index < -0.39 is 105 Å². The maximum atomic E-state index is 14.1. The molecule has 0 rings (SSSR count). The van der Waals surface area contributed by atoms with Crippen LogP contribution in [0.5, 0.6) is 0 Å². The first-order valence-electron chi connectivity index (χ1n) is 27.5. The highest BCUT2D eigenvalue weighted by atomic mass is 16.6. The van der Waals surface area contributed by atoms with Crippen molar-refractivity contribution in [3.05, 3.63) is 0 Å². The largest absolute Gasteiger partial charge is 0.464 e. The van der Waals surface area contributed by atoms with Crippen molar-refractivity contribution in [2.24, 2.45) is 16.2 Å². The molecule has 22 heteroatoms. The maximum Gasteiger partial charge on any atom is 0.407 e. The highest BCUT2D eigenvalue weighted by Gasteiger charge is 2.45. The minimum Gasteiger partial charge on any atom is -0.464 e. The molecule has 0 saturated heterocycles. The van der Waals surface area contributed by atoms with Gasteiger partial charge in [-0.2, -0.15) is 0 Å². The van der Waals surface area contributed by atoms with Gasteiger partial charge in [0.1, 0.15) is 55.9 Å². The molecule has 0 radical (unpaired) electrons. The van der Waals surface area contributed by atoms with Gasteiger partial charge in [0.2, 0.25) is 0 Å². The van der Waals surface area contributed by atoms with Crippen molar-refractivity contribution < 1.29 is 66.7 Å². The Kier molecular flexibility index (Phi) is 39.2. The van der Waals surface area contributed by atoms with E-state index in [9.17, 15) is 33.6 Å². The molecule has 4 N–H and O–H groups in total. The topological polar surface area (TPSA) is 245 Å². The summed E-state index contributed by atoms with van der Waals surface area (Å²) < 4.78 is 38.5. The second-order valence-electron chi connectivity index (χ2n) is 20.7. The Hall–Kier alpha value is -5.11. The number of carbonyl (C=O) groups excluding carboxylic acids is 7. The van der Waals surface area contributed by atoms with Gasteiger partial charge in [-0.05, 0) is 153 Å². The second-order valence-corrected chi connectivity index (χ2v) is 20.7. The second kappa shape index (κ2) is 42.0. The zero-order valence-corrected chi connectivity index (χ0v) is 48.5. The number of esters is 3. The maximum absolute atomic E-state index is 14.1. The molecule has 0 spiro atoms. The zero-order chi connectivity index (χ0) is 57.3. The molecule has 0 aromatic rings. The molecule has 0 aliphatic carbocycles. The van der Waals surface area contributed by atoms with Gasteiger partial charge in [0.25, 0.3) is 0 Å². The Labute approximate surface area is 455 Å². The number of amides is 4. The van der Waals surface area contributed by atoms with E-state index in [1.807, 2.05) is 28.2 Å². The molecule has 4 amide bonds. The Morgan fingerprint density at radius 3 is 0.803 bits per heavy atom. The average Bonchev–Trinajstić information content (AvgIpc) is 3.40. The Bertz CT molecular complexity index is 1520. The predicted octanol–water partition coefficient (Wildman–Crippen LogP) is 5.66. The monoisotopic (exact) mass is 1080 g/mol. The Balaban J connectivity index is 6.30. The lowest BCUT2D eigenvalue weighted by Crippen LogP contribution is -2.47. The van der Waals surface area contributed by atoms with Crippen LogP contribution in [0.4, 0.5) is 19.2 Å². The number of ether oxygens (including phenoxy) is 7. The van der Waals surface area contributed by atoms with Gasteiger partial charge in [-0.25, -0.2) is 19.2 Å². The molecule has 440 valence electrons. The number of rotatable bonds is 44. The van der Waals surface area contributed by atoms with Gasteiger partial charge >= 0.3 is 42.3 Å². The third-order valence-electron chi connectivity index (χ3n) is 12.4. The van der Waals surface area contributed by atoms with Crippen LogP contribution in [0.2, 0.25) is 0 Å². The van der Waals surface area contributed by atoms with Gasteiger partial charge in [0, 0.05) is 26.2 Å². The quantitative estimate of drug-likeness (QED) is 0.0249. The van der Waals surface area contributed by atoms with Crippen LogP contribution in [0, 0.1) is 28.6 Å². The number of hydrogen-bond acceptors (Lipinski definition) is 18. The van der Waals surface area contributed by atoms with Crippen molar-refractivity contribution in [1.82, 2.24) is 40.9 Å². The summed E-state index contributed by atoms with van der Waals surface area (Å²) in [5, 5.41) is 10.7. The van der Waals surface area contributed by atoms with Crippen LogP contribution in [0.3, 0.4) is 0 Å². The molecule has 0 aliphatic rings. The molecule has 22 nitrogen and oxygen atoms in total. The minimum absolute atomic E-state index is 0.298. The summed E-state index contributed by atoms with van der Waals surface area (Å²) in [5.41, 5.74) is -5.53. The van der Waals surface area contributed by atoms with Crippen LogP contribution >= 0.6 is 0 Å². The molecular weight excluding hydrogens is 985 g/mol. The van der Waals surface area contributed by atoms with E-state index in [-0.39, 0.29) is 0 Å². The molecule has 0 fully saturated rings. The highest BCUT2D eigenvalue weighted by Crippen LogP contribution is 2.28. The third-order valence-corrected chi connectivity index (χ3v) is 12.4. The van der Waals surface area contributed by atoms with Gasteiger partial charge in [-0.15, -0.1) is 6.42 Å². The number of nitrogens with one attached hydrogen (secondary N) is 4. The lowest BCUT2D eigenvalue weighted by Gasteiger charge is -2.32. The van der Waals surface area contributed by atoms with Gasteiger partial charge in [0.15, 0.2) is 6.61 Å². The lowest BCUT2D eigenvalue weighted by molar-refractivity contribution is -0.178. The number of terminal acetylenes is 1. The van der Waals surface area contributed by atoms with E-state index in [2.05, 4.69) is 74.5 Å². The molecular formula is C54H100N8O14. The summed E-state index contributed by atoms with van der Waals surface area (Å²) in [6.45, 7) is 16.0. The normalized spacial score (nSPS) is 11.7. The van der Waals surface area contributed by atoms with Crippen molar-refractivity contribution in [2.75, 3.05) is 153 Å². The molecule has 0 aromatic heterocycles. The van der Waals surface area contributed by atoms with E-state index in [1.165, 1.54) is 20.8 Å². The summed E-state index contributed by atoms with van der Waals surface area (Å²) in [7, 11) is 7.99. The van der Waals surface area contributed by atoms with Gasteiger partial charge in [-0.3, -0.25) is 14.4 Å². The van der Waals surface area contributed by atoms with E-state index in [0.717, 1.165) is 104 Å². The van der Waals surface area contributed by atoms with Crippen molar-refractivity contribution in [3.8, 4) is 12.3 Å². The van der Waals surface area contributed by atoms with Gasteiger partial charge < -0.3 is 74.0 Å². The van der Waals surface area contributed by atoms with Crippen molar-refractivity contribution >= 4 is 42.3 Å². The molecule has 0 unspecified atom stereocenters. The number of carbonyl (C=O) groups is 7. The van der Waals surface area contributed by atoms with Crippen LogP contribution in [0.25, 0.3) is 0 Å². The fourth-order valence-corrected chi connectivity index (χ4v) is 6.98. The smallest absolute Gasteiger partial charge is 0.407 e. The molecule has 0 atom stereocenters.